The molecule has 0 aliphatic rings. The van der Waals surface area contributed by atoms with Crippen LogP contribution in [0.1, 0.15) is 36.2 Å². The minimum absolute atomic E-state index is 0.00346. The summed E-state index contributed by atoms with van der Waals surface area (Å²) < 4.78 is 1.60. The smallest absolute Gasteiger partial charge is 0.321 e. The summed E-state index contributed by atoms with van der Waals surface area (Å²) in [6.45, 7) is 3.80. The zero-order chi connectivity index (χ0) is 18.2. The van der Waals surface area contributed by atoms with Gasteiger partial charge in [0.25, 0.3) is 5.91 Å². The molecule has 1 aromatic carbocycles. The molecule has 0 aliphatic carbocycles. The number of urea groups is 1. The Labute approximate surface area is 146 Å². The minimum Gasteiger partial charge on any atom is -0.335 e. The first-order chi connectivity index (χ1) is 12.0. The molecule has 1 heterocycles. The van der Waals surface area contributed by atoms with Crippen molar-refractivity contribution in [3.63, 3.8) is 0 Å². The van der Waals surface area contributed by atoms with E-state index in [9.17, 15) is 14.4 Å². The lowest BCUT2D eigenvalue weighted by atomic mass is 10.0. The summed E-state index contributed by atoms with van der Waals surface area (Å²) in [5.41, 5.74) is 1.15. The van der Waals surface area contributed by atoms with Gasteiger partial charge < -0.3 is 5.32 Å². The predicted molar refractivity (Wildman–Crippen MR) is 92.9 cm³/mol. The Hall–Kier alpha value is -3.02. The van der Waals surface area contributed by atoms with Crippen molar-refractivity contribution < 1.29 is 19.0 Å². The van der Waals surface area contributed by atoms with Crippen molar-refractivity contribution in [2.45, 2.75) is 32.9 Å². The fourth-order valence-corrected chi connectivity index (χ4v) is 2.16. The van der Waals surface area contributed by atoms with Crippen LogP contribution in [0.15, 0.2) is 54.9 Å². The number of pyridine rings is 1. The molecule has 0 spiro atoms. The normalized spacial score (nSPS) is 11.4. The maximum Gasteiger partial charge on any atom is 0.321 e. The molecule has 1 atom stereocenters. The van der Waals surface area contributed by atoms with Crippen molar-refractivity contribution in [1.82, 2.24) is 10.6 Å². The highest BCUT2D eigenvalue weighted by molar-refractivity contribution is 6.08. The Morgan fingerprint density at radius 2 is 1.60 bits per heavy atom. The molecule has 0 saturated carbocycles. The van der Waals surface area contributed by atoms with Gasteiger partial charge in [-0.3, -0.25) is 14.9 Å². The lowest BCUT2D eigenvalue weighted by Crippen LogP contribution is -2.48. The van der Waals surface area contributed by atoms with E-state index >= 15 is 0 Å². The van der Waals surface area contributed by atoms with Crippen LogP contribution in [-0.2, 0) is 11.3 Å². The molecule has 0 unspecified atom stereocenters. The van der Waals surface area contributed by atoms with Gasteiger partial charge in [-0.15, -0.1) is 0 Å². The van der Waals surface area contributed by atoms with Crippen LogP contribution in [0.3, 0.4) is 0 Å². The van der Waals surface area contributed by atoms with E-state index in [-0.39, 0.29) is 18.4 Å². The molecule has 6 heteroatoms. The van der Waals surface area contributed by atoms with Gasteiger partial charge in [0.1, 0.15) is 0 Å². The molecule has 25 heavy (non-hydrogen) atoms. The van der Waals surface area contributed by atoms with Crippen molar-refractivity contribution in [2.24, 2.45) is 0 Å². The van der Waals surface area contributed by atoms with E-state index in [1.807, 2.05) is 32.0 Å². The Bertz CT molecular complexity index is 742. The van der Waals surface area contributed by atoms with Crippen LogP contribution < -0.4 is 15.2 Å². The first-order valence-corrected chi connectivity index (χ1v) is 8.18. The molecule has 6 nitrogen and oxygen atoms in total. The summed E-state index contributed by atoms with van der Waals surface area (Å²) >= 11 is 0. The number of nitrogens with one attached hydrogen (secondary N) is 2. The third-order valence-corrected chi connectivity index (χ3v) is 3.76. The average molecular weight is 340 g/mol. The molecule has 130 valence electrons. The molecule has 3 amide bonds. The van der Waals surface area contributed by atoms with Gasteiger partial charge >= 0.3 is 6.03 Å². The Balaban J connectivity index is 1.93. The number of imide groups is 1. The first kappa shape index (κ1) is 18.3. The van der Waals surface area contributed by atoms with Crippen LogP contribution in [0.5, 0.6) is 0 Å². The second-order valence-corrected chi connectivity index (χ2v) is 5.79. The molecule has 0 bridgehead atoms. The minimum atomic E-state index is -0.504. The third kappa shape index (κ3) is 5.53. The molecule has 0 fully saturated rings. The number of benzene rings is 1. The summed E-state index contributed by atoms with van der Waals surface area (Å²) in [5.74, 6) is -0.502. The lowest BCUT2D eigenvalue weighted by Gasteiger charge is -2.10. The monoisotopic (exact) mass is 340 g/mol. The van der Waals surface area contributed by atoms with Gasteiger partial charge in [-0.2, -0.15) is 4.57 Å². The van der Waals surface area contributed by atoms with E-state index in [1.54, 1.807) is 41.2 Å². The number of carbonyl (C=O) groups is 3. The van der Waals surface area contributed by atoms with Gasteiger partial charge in [0.05, 0.1) is 0 Å². The fourth-order valence-electron chi connectivity index (χ4n) is 2.16. The highest BCUT2D eigenvalue weighted by Gasteiger charge is 2.15. The average Bonchev–Trinajstić information content (AvgIpc) is 2.62. The summed E-state index contributed by atoms with van der Waals surface area (Å²) in [7, 11) is 0. The zero-order valence-electron chi connectivity index (χ0n) is 14.4. The largest absolute Gasteiger partial charge is 0.335 e. The quantitative estimate of drug-likeness (QED) is 0.622. The van der Waals surface area contributed by atoms with Crippen LogP contribution in [0.25, 0.3) is 0 Å². The number of amides is 3. The molecule has 0 saturated heterocycles. The van der Waals surface area contributed by atoms with E-state index in [1.165, 1.54) is 0 Å². The van der Waals surface area contributed by atoms with Gasteiger partial charge in [-0.05, 0) is 13.3 Å². The van der Waals surface area contributed by atoms with Crippen LogP contribution >= 0.6 is 0 Å². The number of ketones is 1. The van der Waals surface area contributed by atoms with Crippen LogP contribution in [0.2, 0.25) is 0 Å². The van der Waals surface area contributed by atoms with E-state index in [0.29, 0.717) is 11.1 Å². The first-order valence-electron chi connectivity index (χ1n) is 8.18. The zero-order valence-corrected chi connectivity index (χ0v) is 14.4. The molecule has 1 aromatic heterocycles. The second-order valence-electron chi connectivity index (χ2n) is 5.79. The van der Waals surface area contributed by atoms with E-state index in [4.69, 9.17) is 0 Å². The molecular weight excluding hydrogens is 318 g/mol. The Morgan fingerprint density at radius 1 is 1.00 bits per heavy atom. The predicted octanol–water partition coefficient (Wildman–Crippen LogP) is 1.83. The van der Waals surface area contributed by atoms with Gasteiger partial charge in [-0.25, -0.2) is 4.79 Å². The van der Waals surface area contributed by atoms with Crippen molar-refractivity contribution in [1.29, 1.82) is 0 Å². The Morgan fingerprint density at radius 3 is 2.20 bits per heavy atom. The molecule has 0 radical (unpaired) electrons. The molecule has 2 rings (SSSR count). The van der Waals surface area contributed by atoms with Crippen LogP contribution in [0.4, 0.5) is 4.79 Å². The summed E-state index contributed by atoms with van der Waals surface area (Å²) in [6, 6.07) is 11.8. The van der Waals surface area contributed by atoms with Crippen molar-refractivity contribution in [2.75, 3.05) is 0 Å². The second kappa shape index (κ2) is 8.73. The molecular formula is C19H22N3O3+. The Kier molecular flexibility index (Phi) is 6.39. The van der Waals surface area contributed by atoms with Crippen LogP contribution in [0, 0.1) is 0 Å². The van der Waals surface area contributed by atoms with E-state index < -0.39 is 11.9 Å². The highest BCUT2D eigenvalue weighted by atomic mass is 16.2. The van der Waals surface area contributed by atoms with Crippen molar-refractivity contribution >= 4 is 17.7 Å². The molecule has 2 N–H and O–H groups in total. The summed E-state index contributed by atoms with van der Waals surface area (Å²) in [4.78, 5) is 35.8. The van der Waals surface area contributed by atoms with E-state index in [2.05, 4.69) is 10.6 Å². The summed E-state index contributed by atoms with van der Waals surface area (Å²) in [6.07, 6.45) is 4.07. The standard InChI is InChI=1S/C19H21N3O3/c1-3-14(2)20-19(25)21-17(23)13-22-11-9-16(10-12-22)18(24)15-7-5-4-6-8-15/h4-12,14H,3,13H2,1-2H3,(H-,20,21,23,25)/p+1/t14-/m0/s1. The number of hydrogen-bond donors (Lipinski definition) is 2. The lowest BCUT2D eigenvalue weighted by molar-refractivity contribution is -0.684. The number of nitrogens with zero attached hydrogens (tertiary/aromatic N) is 1. The highest BCUT2D eigenvalue weighted by Crippen LogP contribution is 2.07. The third-order valence-electron chi connectivity index (χ3n) is 3.76. The topological polar surface area (TPSA) is 79.2 Å². The maximum atomic E-state index is 12.3. The fraction of sp³-hybridized carbons (Fsp3) is 0.263. The van der Waals surface area contributed by atoms with Gasteiger partial charge in [0, 0.05) is 29.3 Å². The van der Waals surface area contributed by atoms with Crippen LogP contribution in [-0.4, -0.2) is 23.8 Å². The summed E-state index contributed by atoms with van der Waals surface area (Å²) in [5, 5.41) is 4.94. The number of rotatable bonds is 6. The number of hydrogen-bond acceptors (Lipinski definition) is 3. The van der Waals surface area contributed by atoms with E-state index in [0.717, 1.165) is 6.42 Å². The SMILES string of the molecule is CC[C@H](C)NC(=O)NC(=O)C[n+]1ccc(C(=O)c2ccccc2)cc1. The van der Waals surface area contributed by atoms with Crippen molar-refractivity contribution in [3.8, 4) is 0 Å². The van der Waals surface area contributed by atoms with Gasteiger partial charge in [0.2, 0.25) is 6.54 Å². The number of aromatic nitrogens is 1. The number of carbonyl (C=O) groups excluding carboxylic acids is 3. The molecule has 2 aromatic rings. The van der Waals surface area contributed by atoms with Gasteiger partial charge in [-0.1, -0.05) is 37.3 Å². The maximum absolute atomic E-state index is 12.3. The molecule has 0 aliphatic heterocycles. The van der Waals surface area contributed by atoms with Gasteiger partial charge in [0.15, 0.2) is 18.2 Å². The van der Waals surface area contributed by atoms with Crippen molar-refractivity contribution in [3.05, 3.63) is 66.0 Å².